The van der Waals surface area contributed by atoms with Gasteiger partial charge in [0.2, 0.25) is 5.71 Å². The molecule has 1 N–H and O–H groups in total. The van der Waals surface area contributed by atoms with Gasteiger partial charge in [0.05, 0.1) is 5.39 Å². The van der Waals surface area contributed by atoms with E-state index in [1.807, 2.05) is 0 Å². The molecule has 1 aromatic carbocycles. The van der Waals surface area contributed by atoms with Crippen LogP contribution in [0.1, 0.15) is 10.4 Å². The topological polar surface area (TPSA) is 63.3 Å². The van der Waals surface area contributed by atoms with Gasteiger partial charge in [-0.2, -0.15) is 0 Å². The molecule has 0 saturated heterocycles. The summed E-state index contributed by atoms with van der Waals surface area (Å²) < 4.78 is 18.1. The fourth-order valence-corrected chi connectivity index (χ4v) is 1.99. The molecule has 0 fully saturated rings. The van der Waals surface area contributed by atoms with Gasteiger partial charge in [0, 0.05) is 6.20 Å². The lowest BCUT2D eigenvalue weighted by molar-refractivity contribution is 0.0698. The van der Waals surface area contributed by atoms with Gasteiger partial charge in [-0.15, -0.1) is 0 Å². The van der Waals surface area contributed by atoms with Crippen LogP contribution in [-0.2, 0) is 0 Å². The summed E-state index contributed by atoms with van der Waals surface area (Å²) >= 11 is 0. The van der Waals surface area contributed by atoms with Crippen molar-refractivity contribution in [2.75, 3.05) is 0 Å². The summed E-state index contributed by atoms with van der Waals surface area (Å²) in [5, 5.41) is 9.56. The average Bonchev–Trinajstić information content (AvgIpc) is 2.83. The molecule has 0 saturated carbocycles. The van der Waals surface area contributed by atoms with Crippen LogP contribution in [0.5, 0.6) is 0 Å². The van der Waals surface area contributed by atoms with E-state index in [4.69, 9.17) is 9.52 Å². The number of hydrogen-bond acceptors (Lipinski definition) is 3. The van der Waals surface area contributed by atoms with Crippen LogP contribution < -0.4 is 0 Å². The Balaban J connectivity index is 2.31. The van der Waals surface area contributed by atoms with Gasteiger partial charge in [-0.25, -0.2) is 14.2 Å². The van der Waals surface area contributed by atoms with E-state index < -0.39 is 5.97 Å². The maximum atomic E-state index is 12.9. The second-order valence-corrected chi connectivity index (χ2v) is 4.00. The third-order valence-electron chi connectivity index (χ3n) is 2.86. The van der Waals surface area contributed by atoms with Gasteiger partial charge in [0.15, 0.2) is 0 Å². The Morgan fingerprint density at radius 1 is 1.21 bits per heavy atom. The Morgan fingerprint density at radius 3 is 2.63 bits per heavy atom. The fourth-order valence-electron chi connectivity index (χ4n) is 1.99. The van der Waals surface area contributed by atoms with Crippen LogP contribution in [0.3, 0.4) is 0 Å². The highest BCUT2D eigenvalue weighted by atomic mass is 19.1. The van der Waals surface area contributed by atoms with Crippen LogP contribution in [0.4, 0.5) is 4.39 Å². The average molecular weight is 257 g/mol. The molecule has 0 amide bonds. The van der Waals surface area contributed by atoms with Gasteiger partial charge in [0.25, 0.3) is 0 Å². The minimum atomic E-state index is -1.09. The molecule has 2 aromatic heterocycles. The second-order valence-electron chi connectivity index (χ2n) is 4.00. The molecule has 0 aliphatic rings. The molecule has 0 unspecified atom stereocenters. The lowest BCUT2D eigenvalue weighted by Gasteiger charge is -2.03. The number of furan rings is 1. The Kier molecular flexibility index (Phi) is 2.52. The number of benzene rings is 1. The molecule has 0 spiro atoms. The first-order chi connectivity index (χ1) is 9.16. The number of fused-ring (bicyclic) bond motifs is 1. The van der Waals surface area contributed by atoms with Crippen molar-refractivity contribution >= 4 is 17.1 Å². The zero-order chi connectivity index (χ0) is 13.4. The lowest BCUT2D eigenvalue weighted by Crippen LogP contribution is -1.95. The van der Waals surface area contributed by atoms with Crippen molar-refractivity contribution < 1.29 is 18.7 Å². The maximum Gasteiger partial charge on any atom is 0.339 e. The molecule has 19 heavy (non-hydrogen) atoms. The maximum absolute atomic E-state index is 12.9. The fraction of sp³-hybridized carbons (Fsp3) is 0. The lowest BCUT2D eigenvalue weighted by atomic mass is 10.0. The Labute approximate surface area is 107 Å². The van der Waals surface area contributed by atoms with E-state index >= 15 is 0 Å². The summed E-state index contributed by atoms with van der Waals surface area (Å²) in [6.45, 7) is 0. The molecule has 94 valence electrons. The van der Waals surface area contributed by atoms with Crippen LogP contribution in [-0.4, -0.2) is 16.1 Å². The van der Waals surface area contributed by atoms with Crippen LogP contribution in [0.2, 0.25) is 0 Å². The molecule has 0 bridgehead atoms. The van der Waals surface area contributed by atoms with Gasteiger partial charge in [-0.3, -0.25) is 0 Å². The first-order valence-corrected chi connectivity index (χ1v) is 5.52. The van der Waals surface area contributed by atoms with E-state index in [0.29, 0.717) is 16.5 Å². The van der Waals surface area contributed by atoms with Crippen molar-refractivity contribution in [3.63, 3.8) is 0 Å². The number of rotatable bonds is 2. The van der Waals surface area contributed by atoms with Gasteiger partial charge in [-0.05, 0) is 29.3 Å². The molecular formula is C14H8FNO3. The largest absolute Gasteiger partial charge is 0.478 e. The van der Waals surface area contributed by atoms with E-state index in [1.54, 1.807) is 18.2 Å². The first kappa shape index (κ1) is 11.4. The number of aromatic nitrogens is 1. The van der Waals surface area contributed by atoms with Crippen molar-refractivity contribution in [1.82, 2.24) is 4.98 Å². The van der Waals surface area contributed by atoms with E-state index in [2.05, 4.69) is 4.98 Å². The van der Waals surface area contributed by atoms with Crippen LogP contribution >= 0.6 is 0 Å². The van der Waals surface area contributed by atoms with E-state index in [1.165, 1.54) is 18.3 Å². The smallest absolute Gasteiger partial charge is 0.339 e. The highest BCUT2D eigenvalue weighted by molar-refractivity contribution is 6.07. The number of halogens is 1. The minimum absolute atomic E-state index is 0.0439. The van der Waals surface area contributed by atoms with Crippen molar-refractivity contribution in [1.29, 1.82) is 0 Å². The quantitative estimate of drug-likeness (QED) is 0.764. The Morgan fingerprint density at radius 2 is 1.95 bits per heavy atom. The zero-order valence-electron chi connectivity index (χ0n) is 9.63. The molecule has 0 atom stereocenters. The summed E-state index contributed by atoms with van der Waals surface area (Å²) in [5.74, 6) is -1.44. The monoisotopic (exact) mass is 257 g/mol. The first-order valence-electron chi connectivity index (χ1n) is 5.52. The summed E-state index contributed by atoms with van der Waals surface area (Å²) in [5.41, 5.74) is 1.65. The van der Waals surface area contributed by atoms with E-state index in [0.717, 1.165) is 6.26 Å². The summed E-state index contributed by atoms with van der Waals surface area (Å²) in [4.78, 5) is 15.1. The zero-order valence-corrected chi connectivity index (χ0v) is 9.63. The highest BCUT2D eigenvalue weighted by Gasteiger charge is 2.17. The number of nitrogens with zero attached hydrogens (tertiary/aromatic N) is 1. The van der Waals surface area contributed by atoms with Crippen molar-refractivity contribution in [2.24, 2.45) is 0 Å². The minimum Gasteiger partial charge on any atom is -0.478 e. The predicted molar refractivity (Wildman–Crippen MR) is 66.4 cm³/mol. The molecule has 0 radical (unpaired) electrons. The predicted octanol–water partition coefficient (Wildman–Crippen LogP) is 3.33. The van der Waals surface area contributed by atoms with Crippen molar-refractivity contribution in [3.05, 3.63) is 54.2 Å². The standard InChI is InChI=1S/C14H8FNO3/c15-9-3-1-8(2-4-9)10-5-6-16-13-12(10)11(7-19-13)14(17)18/h1-7H,(H,17,18). The number of carbonyl (C=O) groups is 1. The second kappa shape index (κ2) is 4.20. The number of carboxylic acid groups (broad SMARTS) is 1. The van der Waals surface area contributed by atoms with Gasteiger partial charge >= 0.3 is 5.97 Å². The normalized spacial score (nSPS) is 10.8. The number of pyridine rings is 1. The van der Waals surface area contributed by atoms with Crippen LogP contribution in [0, 0.1) is 5.82 Å². The number of carboxylic acids is 1. The van der Waals surface area contributed by atoms with Crippen LogP contribution in [0.25, 0.3) is 22.2 Å². The summed E-state index contributed by atoms with van der Waals surface area (Å²) in [7, 11) is 0. The molecule has 0 aliphatic heterocycles. The SMILES string of the molecule is O=C(O)c1coc2nccc(-c3ccc(F)cc3)c12. The Hall–Kier alpha value is -2.69. The summed E-state index contributed by atoms with van der Waals surface area (Å²) in [6.07, 6.45) is 2.68. The molecule has 5 heteroatoms. The van der Waals surface area contributed by atoms with Gasteiger partial charge in [-0.1, -0.05) is 12.1 Å². The molecular weight excluding hydrogens is 249 g/mol. The Bertz CT molecular complexity index is 762. The van der Waals surface area contributed by atoms with Gasteiger partial charge < -0.3 is 9.52 Å². The number of aromatic carboxylic acids is 1. The molecule has 3 aromatic rings. The van der Waals surface area contributed by atoms with Crippen molar-refractivity contribution in [3.8, 4) is 11.1 Å². The third kappa shape index (κ3) is 1.85. The molecule has 4 nitrogen and oxygen atoms in total. The summed E-state index contributed by atoms with van der Waals surface area (Å²) in [6, 6.07) is 7.49. The molecule has 0 aliphatic carbocycles. The van der Waals surface area contributed by atoms with E-state index in [-0.39, 0.29) is 17.1 Å². The number of hydrogen-bond donors (Lipinski definition) is 1. The third-order valence-corrected chi connectivity index (χ3v) is 2.86. The highest BCUT2D eigenvalue weighted by Crippen LogP contribution is 2.31. The van der Waals surface area contributed by atoms with E-state index in [9.17, 15) is 9.18 Å². The van der Waals surface area contributed by atoms with Gasteiger partial charge in [0.1, 0.15) is 17.6 Å². The molecule has 3 rings (SSSR count). The van der Waals surface area contributed by atoms with Crippen molar-refractivity contribution in [2.45, 2.75) is 0 Å². The molecule has 2 heterocycles. The van der Waals surface area contributed by atoms with Crippen LogP contribution in [0.15, 0.2) is 47.2 Å².